The Morgan fingerprint density at radius 3 is 2.61 bits per heavy atom. The molecule has 28 heavy (non-hydrogen) atoms. The summed E-state index contributed by atoms with van der Waals surface area (Å²) < 4.78 is 33.4. The van der Waals surface area contributed by atoms with Crippen molar-refractivity contribution in [3.05, 3.63) is 80.7 Å². The Labute approximate surface area is 172 Å². The summed E-state index contributed by atoms with van der Waals surface area (Å²) in [5.74, 6) is 0.0876. The molecule has 0 aliphatic heterocycles. The van der Waals surface area contributed by atoms with E-state index in [2.05, 4.69) is 26.1 Å². The number of halogens is 2. The molecule has 7 nitrogen and oxygen atoms in total. The van der Waals surface area contributed by atoms with Crippen LogP contribution in [0.4, 0.5) is 11.5 Å². The van der Waals surface area contributed by atoms with Crippen LogP contribution in [0, 0.1) is 0 Å². The molecule has 4 rings (SSSR count). The molecule has 10 heteroatoms. The van der Waals surface area contributed by atoms with Gasteiger partial charge in [-0.1, -0.05) is 16.8 Å². The van der Waals surface area contributed by atoms with Crippen molar-refractivity contribution in [1.82, 2.24) is 10.1 Å². The number of anilines is 2. The number of hydrogen-bond donors (Lipinski definition) is 1. The van der Waals surface area contributed by atoms with Crippen molar-refractivity contribution in [3.63, 3.8) is 0 Å². The van der Waals surface area contributed by atoms with Crippen molar-refractivity contribution in [2.75, 3.05) is 4.31 Å². The molecule has 0 aliphatic carbocycles. The SMILES string of the molecule is O=c1ccc2cc(S(=O)(=O)N(c3ccon3)c3ccc(Cl)cc3Br)ccc2[nH]1. The highest BCUT2D eigenvalue weighted by Gasteiger charge is 2.30. The smallest absolute Gasteiger partial charge is 0.270 e. The number of nitrogens with zero attached hydrogens (tertiary/aromatic N) is 2. The minimum Gasteiger partial charge on any atom is -0.363 e. The number of aromatic nitrogens is 2. The van der Waals surface area contributed by atoms with Crippen LogP contribution in [0.1, 0.15) is 0 Å². The van der Waals surface area contributed by atoms with Gasteiger partial charge in [0, 0.05) is 27.1 Å². The number of hydrogen-bond acceptors (Lipinski definition) is 5. The quantitative estimate of drug-likeness (QED) is 0.465. The molecule has 0 amide bonds. The molecule has 0 aliphatic rings. The maximum Gasteiger partial charge on any atom is 0.270 e. The number of H-pyrrole nitrogens is 1. The molecular weight excluding hydrogens is 470 g/mol. The zero-order valence-corrected chi connectivity index (χ0v) is 17.1. The molecule has 2 heterocycles. The second-order valence-corrected chi connectivity index (χ2v) is 8.87. The monoisotopic (exact) mass is 479 g/mol. The van der Waals surface area contributed by atoms with E-state index in [9.17, 15) is 13.2 Å². The van der Waals surface area contributed by atoms with Gasteiger partial charge in [-0.3, -0.25) is 4.79 Å². The Balaban J connectivity index is 1.92. The number of rotatable bonds is 4. The number of nitrogens with one attached hydrogen (secondary N) is 1. The first-order valence-corrected chi connectivity index (χ1v) is 10.5. The minimum absolute atomic E-state index is 0.0249. The summed E-state index contributed by atoms with van der Waals surface area (Å²) in [6.07, 6.45) is 1.28. The first kappa shape index (κ1) is 18.7. The van der Waals surface area contributed by atoms with Gasteiger partial charge in [-0.2, -0.15) is 0 Å². The van der Waals surface area contributed by atoms with Gasteiger partial charge in [0.15, 0.2) is 5.82 Å². The van der Waals surface area contributed by atoms with Gasteiger partial charge in [0.25, 0.3) is 10.0 Å². The van der Waals surface area contributed by atoms with Crippen LogP contribution in [-0.4, -0.2) is 18.6 Å². The van der Waals surface area contributed by atoms with Crippen molar-refractivity contribution >= 4 is 60.0 Å². The molecule has 0 atom stereocenters. The van der Waals surface area contributed by atoms with Gasteiger partial charge in [-0.05, 0) is 63.8 Å². The van der Waals surface area contributed by atoms with E-state index in [0.717, 1.165) is 4.31 Å². The average Bonchev–Trinajstić information content (AvgIpc) is 3.17. The molecular formula is C18H11BrClN3O4S. The molecule has 0 fully saturated rings. The van der Waals surface area contributed by atoms with Gasteiger partial charge in [0.05, 0.1) is 10.6 Å². The standard InChI is InChI=1S/C18H11BrClN3O4S/c19-14-10-12(20)2-5-16(14)23(17-7-8-27-22-17)28(25,26)13-3-4-15-11(9-13)1-6-18(24)21-15/h1-10H,(H,21,24). The zero-order chi connectivity index (χ0) is 19.9. The van der Waals surface area contributed by atoms with Gasteiger partial charge >= 0.3 is 0 Å². The summed E-state index contributed by atoms with van der Waals surface area (Å²) in [7, 11) is -4.07. The van der Waals surface area contributed by atoms with E-state index in [1.165, 1.54) is 30.5 Å². The van der Waals surface area contributed by atoms with Gasteiger partial charge in [-0.25, -0.2) is 12.7 Å². The number of aromatic amines is 1. The topological polar surface area (TPSA) is 96.3 Å². The average molecular weight is 481 g/mol. The van der Waals surface area contributed by atoms with E-state index in [4.69, 9.17) is 16.1 Å². The second kappa shape index (κ2) is 7.08. The summed E-state index contributed by atoms with van der Waals surface area (Å²) in [4.78, 5) is 14.1. The van der Waals surface area contributed by atoms with Crippen LogP contribution in [0.15, 0.2) is 79.5 Å². The Kier molecular flexibility index (Phi) is 4.74. The molecule has 0 radical (unpaired) electrons. The lowest BCUT2D eigenvalue weighted by molar-refractivity contribution is 0.421. The molecule has 142 valence electrons. The van der Waals surface area contributed by atoms with Crippen LogP contribution >= 0.6 is 27.5 Å². The van der Waals surface area contributed by atoms with Crippen LogP contribution in [-0.2, 0) is 10.0 Å². The summed E-state index contributed by atoms with van der Waals surface area (Å²) in [5, 5.41) is 4.82. The van der Waals surface area contributed by atoms with Crippen molar-refractivity contribution in [2.45, 2.75) is 4.90 Å². The lowest BCUT2D eigenvalue weighted by atomic mass is 10.2. The lowest BCUT2D eigenvalue weighted by Crippen LogP contribution is -2.27. The third-order valence-corrected chi connectivity index (χ3v) is 6.58. The van der Waals surface area contributed by atoms with Crippen molar-refractivity contribution in [2.24, 2.45) is 0 Å². The van der Waals surface area contributed by atoms with Crippen molar-refractivity contribution < 1.29 is 12.9 Å². The van der Waals surface area contributed by atoms with Crippen LogP contribution in [0.25, 0.3) is 10.9 Å². The summed E-state index contributed by atoms with van der Waals surface area (Å²) in [5.41, 5.74) is 0.587. The van der Waals surface area contributed by atoms with E-state index in [0.29, 0.717) is 26.1 Å². The number of fused-ring (bicyclic) bond motifs is 1. The van der Waals surface area contributed by atoms with Crippen LogP contribution < -0.4 is 9.86 Å². The Bertz CT molecular complexity index is 1340. The van der Waals surface area contributed by atoms with E-state index >= 15 is 0 Å². The Morgan fingerprint density at radius 2 is 1.89 bits per heavy atom. The maximum atomic E-state index is 13.5. The molecule has 0 spiro atoms. The molecule has 0 saturated heterocycles. The normalized spacial score (nSPS) is 11.6. The van der Waals surface area contributed by atoms with Crippen LogP contribution in [0.5, 0.6) is 0 Å². The third-order valence-electron chi connectivity index (χ3n) is 3.99. The molecule has 2 aromatic heterocycles. The predicted octanol–water partition coefficient (Wildman–Crippen LogP) is 4.46. The lowest BCUT2D eigenvalue weighted by Gasteiger charge is -2.23. The van der Waals surface area contributed by atoms with Gasteiger partial charge in [-0.15, -0.1) is 0 Å². The van der Waals surface area contributed by atoms with Crippen molar-refractivity contribution in [3.8, 4) is 0 Å². The summed E-state index contributed by atoms with van der Waals surface area (Å²) in [6.45, 7) is 0. The second-order valence-electron chi connectivity index (χ2n) is 5.79. The summed E-state index contributed by atoms with van der Waals surface area (Å²) >= 11 is 9.35. The van der Waals surface area contributed by atoms with E-state index < -0.39 is 10.0 Å². The predicted molar refractivity (Wildman–Crippen MR) is 110 cm³/mol. The molecule has 4 aromatic rings. The van der Waals surface area contributed by atoms with E-state index in [1.807, 2.05) is 0 Å². The molecule has 0 bridgehead atoms. The van der Waals surface area contributed by atoms with E-state index in [-0.39, 0.29) is 16.3 Å². The first-order valence-electron chi connectivity index (χ1n) is 7.90. The third kappa shape index (κ3) is 3.32. The van der Waals surface area contributed by atoms with Gasteiger partial charge < -0.3 is 9.51 Å². The first-order chi connectivity index (χ1) is 13.4. The fourth-order valence-electron chi connectivity index (χ4n) is 2.73. The number of sulfonamides is 1. The molecule has 2 aromatic carbocycles. The highest BCUT2D eigenvalue weighted by atomic mass is 79.9. The fourth-order valence-corrected chi connectivity index (χ4v) is 5.19. The molecule has 0 unspecified atom stereocenters. The van der Waals surface area contributed by atoms with Gasteiger partial charge in [0.2, 0.25) is 5.56 Å². The zero-order valence-electron chi connectivity index (χ0n) is 14.0. The Morgan fingerprint density at radius 1 is 1.07 bits per heavy atom. The molecule has 1 N–H and O–H groups in total. The van der Waals surface area contributed by atoms with Crippen molar-refractivity contribution in [1.29, 1.82) is 0 Å². The maximum absolute atomic E-state index is 13.5. The minimum atomic E-state index is -4.07. The van der Waals surface area contributed by atoms with Gasteiger partial charge in [0.1, 0.15) is 6.26 Å². The Hall–Kier alpha value is -2.62. The largest absolute Gasteiger partial charge is 0.363 e. The molecule has 0 saturated carbocycles. The number of benzene rings is 2. The van der Waals surface area contributed by atoms with E-state index in [1.54, 1.807) is 30.3 Å². The van der Waals surface area contributed by atoms with Crippen LogP contribution in [0.2, 0.25) is 5.02 Å². The fraction of sp³-hybridized carbons (Fsp3) is 0. The highest BCUT2D eigenvalue weighted by Crippen LogP contribution is 2.37. The summed E-state index contributed by atoms with van der Waals surface area (Å²) in [6, 6.07) is 13.5. The highest BCUT2D eigenvalue weighted by molar-refractivity contribution is 9.10. The number of pyridine rings is 1. The van der Waals surface area contributed by atoms with Crippen LogP contribution in [0.3, 0.4) is 0 Å².